The van der Waals surface area contributed by atoms with Crippen molar-refractivity contribution in [3.05, 3.63) is 48.3 Å². The van der Waals surface area contributed by atoms with Gasteiger partial charge in [0.05, 0.1) is 18.9 Å². The molecule has 0 spiro atoms. The molecule has 5 nitrogen and oxygen atoms in total. The molecule has 0 aliphatic rings. The van der Waals surface area contributed by atoms with E-state index in [4.69, 9.17) is 4.42 Å². The zero-order valence-electron chi connectivity index (χ0n) is 9.92. The maximum absolute atomic E-state index is 5.40. The predicted octanol–water partition coefficient (Wildman–Crippen LogP) is 2.54. The molecule has 1 N–H and O–H groups in total. The molecule has 1 aromatic carbocycles. The lowest BCUT2D eigenvalue weighted by Crippen LogP contribution is -2.03. The summed E-state index contributed by atoms with van der Waals surface area (Å²) < 4.78 is 5.40. The molecular formula is C13H12N4O. The predicted molar refractivity (Wildman–Crippen MR) is 68.1 cm³/mol. The monoisotopic (exact) mass is 240 g/mol. The van der Waals surface area contributed by atoms with Gasteiger partial charge in [-0.2, -0.15) is 5.10 Å². The molecule has 0 aliphatic heterocycles. The van der Waals surface area contributed by atoms with E-state index < -0.39 is 0 Å². The van der Waals surface area contributed by atoms with Crippen LogP contribution in [0.5, 0.6) is 0 Å². The summed E-state index contributed by atoms with van der Waals surface area (Å²) in [5.74, 6) is 2.18. The zero-order chi connectivity index (χ0) is 12.4. The summed E-state index contributed by atoms with van der Waals surface area (Å²) in [6.45, 7) is 2.37. The van der Waals surface area contributed by atoms with E-state index in [1.807, 2.05) is 31.2 Å². The van der Waals surface area contributed by atoms with E-state index in [2.05, 4.69) is 20.5 Å². The van der Waals surface area contributed by atoms with Crippen LogP contribution in [0.4, 0.5) is 5.82 Å². The van der Waals surface area contributed by atoms with Crippen molar-refractivity contribution < 1.29 is 4.42 Å². The topological polar surface area (TPSA) is 63.8 Å². The Balaban J connectivity index is 1.86. The van der Waals surface area contributed by atoms with Crippen molar-refractivity contribution in [2.45, 2.75) is 13.5 Å². The lowest BCUT2D eigenvalue weighted by Gasteiger charge is -2.05. The first-order chi connectivity index (χ1) is 8.83. The van der Waals surface area contributed by atoms with Crippen LogP contribution in [0.15, 0.2) is 41.1 Å². The molecule has 0 atom stereocenters. The Kier molecular flexibility index (Phi) is 2.64. The Labute approximate surface area is 104 Å². The number of hydrogen-bond donors (Lipinski definition) is 1. The van der Waals surface area contributed by atoms with Gasteiger partial charge in [-0.05, 0) is 6.92 Å². The molecule has 18 heavy (non-hydrogen) atoms. The quantitative estimate of drug-likeness (QED) is 0.762. The Morgan fingerprint density at radius 3 is 2.94 bits per heavy atom. The Morgan fingerprint density at radius 2 is 2.11 bits per heavy atom. The normalized spacial score (nSPS) is 10.7. The number of aromatic nitrogens is 3. The van der Waals surface area contributed by atoms with Gasteiger partial charge in [0, 0.05) is 10.8 Å². The summed E-state index contributed by atoms with van der Waals surface area (Å²) in [6.07, 6.45) is 3.45. The number of nitrogens with one attached hydrogen (secondary N) is 1. The molecule has 0 aliphatic carbocycles. The number of nitrogens with zero attached hydrogens (tertiary/aromatic N) is 3. The highest BCUT2D eigenvalue weighted by Gasteiger charge is 2.04. The van der Waals surface area contributed by atoms with E-state index in [0.29, 0.717) is 12.4 Å². The number of benzene rings is 1. The van der Waals surface area contributed by atoms with E-state index in [9.17, 15) is 0 Å². The van der Waals surface area contributed by atoms with Crippen molar-refractivity contribution in [3.63, 3.8) is 0 Å². The molecule has 5 heteroatoms. The van der Waals surface area contributed by atoms with Gasteiger partial charge in [-0.15, -0.1) is 5.10 Å². The number of fused-ring (bicyclic) bond motifs is 1. The number of aryl methyl sites for hydroxylation is 1. The molecule has 0 fully saturated rings. The molecule has 0 bridgehead atoms. The summed E-state index contributed by atoms with van der Waals surface area (Å²) in [5.41, 5.74) is 0. The van der Waals surface area contributed by atoms with Crippen molar-refractivity contribution in [2.75, 3.05) is 5.32 Å². The Hall–Kier alpha value is -2.43. The molecule has 3 rings (SSSR count). The van der Waals surface area contributed by atoms with Gasteiger partial charge in [0.25, 0.3) is 0 Å². The largest absolute Gasteiger partial charge is 0.444 e. The van der Waals surface area contributed by atoms with Crippen molar-refractivity contribution >= 4 is 16.6 Å². The number of hydrogen-bond acceptors (Lipinski definition) is 5. The fourth-order valence-electron chi connectivity index (χ4n) is 1.80. The van der Waals surface area contributed by atoms with Crippen LogP contribution in [0.2, 0.25) is 0 Å². The Bertz CT molecular complexity index is 672. The lowest BCUT2D eigenvalue weighted by atomic mass is 10.2. The van der Waals surface area contributed by atoms with Crippen molar-refractivity contribution in [1.29, 1.82) is 0 Å². The number of rotatable bonds is 3. The highest BCUT2D eigenvalue weighted by atomic mass is 16.4. The van der Waals surface area contributed by atoms with Gasteiger partial charge in [-0.25, -0.2) is 4.98 Å². The van der Waals surface area contributed by atoms with Crippen molar-refractivity contribution in [3.8, 4) is 0 Å². The molecule has 2 aromatic heterocycles. The van der Waals surface area contributed by atoms with Crippen LogP contribution in [0.3, 0.4) is 0 Å². The van der Waals surface area contributed by atoms with E-state index >= 15 is 0 Å². The van der Waals surface area contributed by atoms with E-state index in [1.165, 1.54) is 0 Å². The summed E-state index contributed by atoms with van der Waals surface area (Å²) >= 11 is 0. The van der Waals surface area contributed by atoms with Crippen LogP contribution in [0, 0.1) is 6.92 Å². The molecule has 3 aromatic rings. The second kappa shape index (κ2) is 4.44. The van der Waals surface area contributed by atoms with Gasteiger partial charge in [0.2, 0.25) is 5.89 Å². The van der Waals surface area contributed by atoms with Crippen molar-refractivity contribution in [2.24, 2.45) is 0 Å². The van der Waals surface area contributed by atoms with Gasteiger partial charge < -0.3 is 9.73 Å². The zero-order valence-corrected chi connectivity index (χ0v) is 9.92. The third-order valence-corrected chi connectivity index (χ3v) is 2.65. The third-order valence-electron chi connectivity index (χ3n) is 2.65. The first-order valence-corrected chi connectivity index (χ1v) is 5.68. The van der Waals surface area contributed by atoms with Crippen molar-refractivity contribution in [1.82, 2.24) is 15.2 Å². The molecule has 0 saturated carbocycles. The van der Waals surface area contributed by atoms with E-state index in [-0.39, 0.29) is 0 Å². The number of oxazole rings is 1. The Morgan fingerprint density at radius 1 is 1.22 bits per heavy atom. The first kappa shape index (κ1) is 10.7. The molecule has 2 heterocycles. The standard InChI is InChI=1S/C13H12N4O/c1-9-6-14-12(18-9)8-15-13-11-5-3-2-4-10(11)7-16-17-13/h2-7H,8H2,1H3,(H,15,17). The minimum atomic E-state index is 0.497. The van der Waals surface area contributed by atoms with Crippen LogP contribution in [-0.4, -0.2) is 15.2 Å². The molecule has 0 radical (unpaired) electrons. The summed E-state index contributed by atoms with van der Waals surface area (Å²) in [4.78, 5) is 4.13. The number of anilines is 1. The van der Waals surface area contributed by atoms with E-state index in [0.717, 1.165) is 22.4 Å². The summed E-state index contributed by atoms with van der Waals surface area (Å²) in [5, 5.41) is 13.3. The maximum atomic E-state index is 5.40. The summed E-state index contributed by atoms with van der Waals surface area (Å²) in [7, 11) is 0. The van der Waals surface area contributed by atoms with E-state index in [1.54, 1.807) is 12.4 Å². The maximum Gasteiger partial charge on any atom is 0.213 e. The second-order valence-electron chi connectivity index (χ2n) is 4.00. The fourth-order valence-corrected chi connectivity index (χ4v) is 1.80. The smallest absolute Gasteiger partial charge is 0.213 e. The molecule has 0 saturated heterocycles. The van der Waals surface area contributed by atoms with Crippen LogP contribution in [0.1, 0.15) is 11.7 Å². The van der Waals surface area contributed by atoms with Crippen LogP contribution in [0.25, 0.3) is 10.8 Å². The second-order valence-corrected chi connectivity index (χ2v) is 4.00. The SMILES string of the molecule is Cc1cnc(CNc2nncc3ccccc23)o1. The highest BCUT2D eigenvalue weighted by molar-refractivity contribution is 5.90. The molecule has 0 unspecified atom stereocenters. The molecular weight excluding hydrogens is 228 g/mol. The van der Waals surface area contributed by atoms with Gasteiger partial charge in [0.15, 0.2) is 5.82 Å². The average Bonchev–Trinajstić information content (AvgIpc) is 2.82. The van der Waals surface area contributed by atoms with Crippen LogP contribution in [-0.2, 0) is 6.54 Å². The fraction of sp³-hybridized carbons (Fsp3) is 0.154. The highest BCUT2D eigenvalue weighted by Crippen LogP contribution is 2.19. The minimum absolute atomic E-state index is 0.497. The van der Waals surface area contributed by atoms with Gasteiger partial charge in [-0.1, -0.05) is 24.3 Å². The van der Waals surface area contributed by atoms with Crippen LogP contribution < -0.4 is 5.32 Å². The molecule has 0 amide bonds. The summed E-state index contributed by atoms with van der Waals surface area (Å²) in [6, 6.07) is 7.97. The molecule has 90 valence electrons. The lowest BCUT2D eigenvalue weighted by molar-refractivity contribution is 0.479. The first-order valence-electron chi connectivity index (χ1n) is 5.68. The van der Waals surface area contributed by atoms with Gasteiger partial charge in [-0.3, -0.25) is 0 Å². The van der Waals surface area contributed by atoms with Crippen LogP contribution >= 0.6 is 0 Å². The average molecular weight is 240 g/mol. The van der Waals surface area contributed by atoms with Gasteiger partial charge >= 0.3 is 0 Å². The minimum Gasteiger partial charge on any atom is -0.444 e. The third kappa shape index (κ3) is 2.02. The van der Waals surface area contributed by atoms with Gasteiger partial charge in [0.1, 0.15) is 5.76 Å².